The average molecular weight is 273 g/mol. The summed E-state index contributed by atoms with van der Waals surface area (Å²) in [5.74, 6) is 0.984. The van der Waals surface area contributed by atoms with E-state index in [0.29, 0.717) is 0 Å². The summed E-state index contributed by atoms with van der Waals surface area (Å²) in [6.07, 6.45) is 10.1. The van der Waals surface area contributed by atoms with Crippen LogP contribution in [0.4, 0.5) is 0 Å². The van der Waals surface area contributed by atoms with E-state index in [1.165, 1.54) is 37.7 Å². The molecule has 0 heterocycles. The van der Waals surface area contributed by atoms with E-state index in [9.17, 15) is 0 Å². The van der Waals surface area contributed by atoms with Gasteiger partial charge in [-0.2, -0.15) is 0 Å². The lowest BCUT2D eigenvalue weighted by molar-refractivity contribution is 0.308. The van der Waals surface area contributed by atoms with Crippen molar-refractivity contribution >= 4 is 0 Å². The first kappa shape index (κ1) is 15.1. The zero-order valence-electron chi connectivity index (χ0n) is 12.7. The first-order valence-electron chi connectivity index (χ1n) is 7.93. The second-order valence-corrected chi connectivity index (χ2v) is 5.63. The molecule has 1 aromatic carbocycles. The highest BCUT2D eigenvalue weighted by atomic mass is 16.5. The van der Waals surface area contributed by atoms with Gasteiger partial charge in [-0.1, -0.05) is 23.8 Å². The van der Waals surface area contributed by atoms with E-state index in [4.69, 9.17) is 4.74 Å². The Bertz CT molecular complexity index is 425. The van der Waals surface area contributed by atoms with Crippen LogP contribution < -0.4 is 10.1 Å². The quantitative estimate of drug-likeness (QED) is 0.565. The van der Waals surface area contributed by atoms with E-state index < -0.39 is 0 Å². The zero-order valence-corrected chi connectivity index (χ0v) is 12.7. The molecule has 2 rings (SSSR count). The molecule has 2 heteroatoms. The molecule has 0 fully saturated rings. The SMILES string of the molecule is Cc1cccc(OCCCNCCC2=CCCCC2)c1. The molecule has 0 radical (unpaired) electrons. The molecule has 0 unspecified atom stereocenters. The van der Waals surface area contributed by atoms with Crippen molar-refractivity contribution in [2.24, 2.45) is 0 Å². The minimum Gasteiger partial charge on any atom is -0.494 e. The maximum absolute atomic E-state index is 5.73. The molecule has 0 aromatic heterocycles. The molecule has 0 atom stereocenters. The molecule has 0 amide bonds. The summed E-state index contributed by atoms with van der Waals surface area (Å²) < 4.78 is 5.73. The van der Waals surface area contributed by atoms with Crippen molar-refractivity contribution < 1.29 is 4.74 Å². The predicted molar refractivity (Wildman–Crippen MR) is 85.3 cm³/mol. The van der Waals surface area contributed by atoms with Gasteiger partial charge < -0.3 is 10.1 Å². The lowest BCUT2D eigenvalue weighted by atomic mass is 9.97. The van der Waals surface area contributed by atoms with E-state index in [0.717, 1.165) is 31.9 Å². The van der Waals surface area contributed by atoms with Crippen molar-refractivity contribution in [1.29, 1.82) is 0 Å². The Kier molecular flexibility index (Phi) is 6.65. The van der Waals surface area contributed by atoms with Crippen LogP contribution in [0.3, 0.4) is 0 Å². The first-order chi connectivity index (χ1) is 9.84. The fraction of sp³-hybridized carbons (Fsp3) is 0.556. The number of hydrogen-bond donors (Lipinski definition) is 1. The topological polar surface area (TPSA) is 21.3 Å². The van der Waals surface area contributed by atoms with Crippen molar-refractivity contribution in [1.82, 2.24) is 5.32 Å². The molecule has 1 aliphatic rings. The van der Waals surface area contributed by atoms with Crippen molar-refractivity contribution in [3.05, 3.63) is 41.5 Å². The van der Waals surface area contributed by atoms with Gasteiger partial charge in [0.05, 0.1) is 6.61 Å². The Morgan fingerprint density at radius 1 is 1.20 bits per heavy atom. The molecule has 0 aliphatic heterocycles. The molecule has 0 saturated heterocycles. The van der Waals surface area contributed by atoms with Gasteiger partial charge in [0.25, 0.3) is 0 Å². The van der Waals surface area contributed by atoms with Crippen molar-refractivity contribution in [2.45, 2.75) is 45.4 Å². The fourth-order valence-electron chi connectivity index (χ4n) is 2.60. The molecular weight excluding hydrogens is 246 g/mol. The largest absolute Gasteiger partial charge is 0.494 e. The number of allylic oxidation sites excluding steroid dienone is 1. The van der Waals surface area contributed by atoms with Crippen LogP contribution in [0.15, 0.2) is 35.9 Å². The van der Waals surface area contributed by atoms with Gasteiger partial charge in [0, 0.05) is 0 Å². The Morgan fingerprint density at radius 2 is 2.15 bits per heavy atom. The number of ether oxygens (including phenoxy) is 1. The average Bonchev–Trinajstić information content (AvgIpc) is 2.47. The molecule has 1 aromatic rings. The lowest BCUT2D eigenvalue weighted by Crippen LogP contribution is -2.19. The van der Waals surface area contributed by atoms with E-state index in [2.05, 4.69) is 30.4 Å². The molecule has 0 bridgehead atoms. The second kappa shape index (κ2) is 8.80. The Morgan fingerprint density at radius 3 is 2.95 bits per heavy atom. The van der Waals surface area contributed by atoms with Gasteiger partial charge in [0.2, 0.25) is 0 Å². The van der Waals surface area contributed by atoms with E-state index in [1.807, 2.05) is 12.1 Å². The maximum Gasteiger partial charge on any atom is 0.119 e. The fourth-order valence-corrected chi connectivity index (χ4v) is 2.60. The molecule has 20 heavy (non-hydrogen) atoms. The molecular formula is C18H27NO. The highest BCUT2D eigenvalue weighted by Gasteiger charge is 2.02. The van der Waals surface area contributed by atoms with Crippen LogP contribution in [0, 0.1) is 6.92 Å². The van der Waals surface area contributed by atoms with Crippen LogP contribution in [0.5, 0.6) is 5.75 Å². The van der Waals surface area contributed by atoms with Crippen LogP contribution in [-0.4, -0.2) is 19.7 Å². The summed E-state index contributed by atoms with van der Waals surface area (Å²) in [4.78, 5) is 0. The highest BCUT2D eigenvalue weighted by Crippen LogP contribution is 2.19. The standard InChI is InChI=1S/C18H27NO/c1-16-7-5-10-18(15-16)20-14-6-12-19-13-11-17-8-3-2-4-9-17/h5,7-8,10,15,19H,2-4,6,9,11-14H2,1H3. The molecule has 0 saturated carbocycles. The van der Waals surface area contributed by atoms with Crippen LogP contribution in [0.25, 0.3) is 0 Å². The summed E-state index contributed by atoms with van der Waals surface area (Å²) in [6, 6.07) is 8.24. The predicted octanol–water partition coefficient (Wildman–Crippen LogP) is 4.24. The minimum absolute atomic E-state index is 0.791. The smallest absolute Gasteiger partial charge is 0.119 e. The highest BCUT2D eigenvalue weighted by molar-refractivity contribution is 5.27. The normalized spacial score (nSPS) is 14.9. The molecule has 0 spiro atoms. The van der Waals surface area contributed by atoms with Gasteiger partial charge >= 0.3 is 0 Å². The van der Waals surface area contributed by atoms with Crippen LogP contribution in [0.2, 0.25) is 0 Å². The van der Waals surface area contributed by atoms with Gasteiger partial charge in [-0.3, -0.25) is 0 Å². The number of rotatable bonds is 8. The number of nitrogens with one attached hydrogen (secondary N) is 1. The molecule has 1 N–H and O–H groups in total. The zero-order chi connectivity index (χ0) is 14.0. The summed E-state index contributed by atoms with van der Waals surface area (Å²) >= 11 is 0. The molecule has 2 nitrogen and oxygen atoms in total. The van der Waals surface area contributed by atoms with Crippen LogP contribution >= 0.6 is 0 Å². The third kappa shape index (κ3) is 5.79. The second-order valence-electron chi connectivity index (χ2n) is 5.63. The van der Waals surface area contributed by atoms with Crippen molar-refractivity contribution in [3.63, 3.8) is 0 Å². The number of aryl methyl sites for hydroxylation is 1. The Balaban J connectivity index is 1.48. The van der Waals surface area contributed by atoms with Gasteiger partial charge in [0.15, 0.2) is 0 Å². The van der Waals surface area contributed by atoms with Gasteiger partial charge in [-0.05, 0) is 76.2 Å². The minimum atomic E-state index is 0.791. The lowest BCUT2D eigenvalue weighted by Gasteiger charge is -2.13. The van der Waals surface area contributed by atoms with Crippen molar-refractivity contribution in [2.75, 3.05) is 19.7 Å². The molecule has 110 valence electrons. The third-order valence-corrected chi connectivity index (χ3v) is 3.76. The summed E-state index contributed by atoms with van der Waals surface area (Å²) in [6.45, 7) is 5.03. The van der Waals surface area contributed by atoms with Crippen LogP contribution in [-0.2, 0) is 0 Å². The van der Waals surface area contributed by atoms with Crippen molar-refractivity contribution in [3.8, 4) is 5.75 Å². The molecule has 1 aliphatic carbocycles. The van der Waals surface area contributed by atoms with Gasteiger partial charge in [0.1, 0.15) is 5.75 Å². The maximum atomic E-state index is 5.73. The summed E-state index contributed by atoms with van der Waals surface area (Å²) in [5.41, 5.74) is 2.90. The first-order valence-corrected chi connectivity index (χ1v) is 7.93. The van der Waals surface area contributed by atoms with Gasteiger partial charge in [-0.15, -0.1) is 0 Å². The monoisotopic (exact) mass is 273 g/mol. The Hall–Kier alpha value is -1.28. The van der Waals surface area contributed by atoms with Gasteiger partial charge in [-0.25, -0.2) is 0 Å². The van der Waals surface area contributed by atoms with E-state index >= 15 is 0 Å². The third-order valence-electron chi connectivity index (χ3n) is 3.76. The van der Waals surface area contributed by atoms with Crippen LogP contribution in [0.1, 0.15) is 44.1 Å². The van der Waals surface area contributed by atoms with E-state index in [-0.39, 0.29) is 0 Å². The Labute approximate surface area is 123 Å². The summed E-state index contributed by atoms with van der Waals surface area (Å²) in [7, 11) is 0. The number of benzene rings is 1. The number of hydrogen-bond acceptors (Lipinski definition) is 2. The summed E-state index contributed by atoms with van der Waals surface area (Å²) in [5, 5.41) is 3.51. The van der Waals surface area contributed by atoms with E-state index in [1.54, 1.807) is 5.57 Å².